The number of benzene rings is 1. The van der Waals surface area contributed by atoms with Crippen LogP contribution in [-0.4, -0.2) is 16.2 Å². The number of aliphatic hydroxyl groups is 1. The van der Waals surface area contributed by atoms with Gasteiger partial charge < -0.3 is 10.2 Å². The summed E-state index contributed by atoms with van der Waals surface area (Å²) in [4.78, 5) is 10.6. The molecule has 0 aromatic heterocycles. The number of aliphatic hydroxyl groups excluding tert-OH is 1. The third-order valence-corrected chi connectivity index (χ3v) is 2.45. The molecule has 0 spiro atoms. The number of hydrogen-bond acceptors (Lipinski definition) is 2. The van der Waals surface area contributed by atoms with Gasteiger partial charge in [0.05, 0.1) is 17.6 Å². The van der Waals surface area contributed by atoms with Crippen molar-refractivity contribution >= 4 is 5.97 Å². The Morgan fingerprint density at radius 3 is 2.29 bits per heavy atom. The van der Waals surface area contributed by atoms with Crippen molar-refractivity contribution in [1.82, 2.24) is 0 Å². The van der Waals surface area contributed by atoms with Gasteiger partial charge in [0.2, 0.25) is 0 Å². The van der Waals surface area contributed by atoms with E-state index in [0.29, 0.717) is 0 Å². The molecule has 17 heavy (non-hydrogen) atoms. The predicted molar refractivity (Wildman–Crippen MR) is 53.2 cm³/mol. The van der Waals surface area contributed by atoms with Crippen molar-refractivity contribution in [3.8, 4) is 0 Å². The van der Waals surface area contributed by atoms with Crippen LogP contribution in [-0.2, 0) is 11.0 Å². The van der Waals surface area contributed by atoms with Gasteiger partial charge >= 0.3 is 12.1 Å². The number of hydrogen-bond donors (Lipinski definition) is 2. The first-order valence-electron chi connectivity index (χ1n) is 4.82. The van der Waals surface area contributed by atoms with Gasteiger partial charge in [0.1, 0.15) is 0 Å². The predicted octanol–water partition coefficient (Wildman–Crippen LogP) is 2.46. The van der Waals surface area contributed by atoms with Gasteiger partial charge in [-0.05, 0) is 18.6 Å². The van der Waals surface area contributed by atoms with Gasteiger partial charge in [-0.1, -0.05) is 18.2 Å². The van der Waals surface area contributed by atoms with Crippen molar-refractivity contribution in [3.05, 3.63) is 35.4 Å². The molecule has 0 radical (unpaired) electrons. The van der Waals surface area contributed by atoms with Crippen molar-refractivity contribution in [1.29, 1.82) is 0 Å². The minimum Gasteiger partial charge on any atom is -0.481 e. The lowest BCUT2D eigenvalue weighted by molar-refractivity contribution is -0.147. The molecular formula is C11H11F3O3. The molecule has 94 valence electrons. The lowest BCUT2D eigenvalue weighted by Crippen LogP contribution is -2.21. The first-order chi connectivity index (χ1) is 7.75. The van der Waals surface area contributed by atoms with Crippen LogP contribution in [0.3, 0.4) is 0 Å². The van der Waals surface area contributed by atoms with Crippen LogP contribution in [0.2, 0.25) is 0 Å². The molecule has 2 atom stereocenters. The second kappa shape index (κ2) is 4.75. The third-order valence-electron chi connectivity index (χ3n) is 2.45. The fraction of sp³-hybridized carbons (Fsp3) is 0.364. The Kier molecular flexibility index (Phi) is 3.77. The van der Waals surface area contributed by atoms with Gasteiger partial charge in [-0.3, -0.25) is 4.79 Å². The average Bonchev–Trinajstić information content (AvgIpc) is 2.25. The number of rotatable bonds is 3. The van der Waals surface area contributed by atoms with E-state index in [1.807, 2.05) is 0 Å². The maximum absolute atomic E-state index is 12.6. The van der Waals surface area contributed by atoms with Crippen LogP contribution in [0.4, 0.5) is 13.2 Å². The Labute approximate surface area is 95.5 Å². The zero-order chi connectivity index (χ0) is 13.2. The van der Waals surface area contributed by atoms with E-state index in [1.165, 1.54) is 12.1 Å². The van der Waals surface area contributed by atoms with Crippen molar-refractivity contribution in [2.75, 3.05) is 0 Å². The average molecular weight is 248 g/mol. The molecule has 0 heterocycles. The lowest BCUT2D eigenvalue weighted by atomic mass is 9.93. The summed E-state index contributed by atoms with van der Waals surface area (Å²) >= 11 is 0. The summed E-state index contributed by atoms with van der Waals surface area (Å²) in [6, 6.07) is 4.40. The number of carbonyl (C=O) groups is 1. The molecule has 1 rings (SSSR count). The zero-order valence-corrected chi connectivity index (χ0v) is 8.90. The largest absolute Gasteiger partial charge is 0.481 e. The number of alkyl halides is 3. The summed E-state index contributed by atoms with van der Waals surface area (Å²) in [6.45, 7) is 1.15. The molecule has 1 aromatic carbocycles. The second-order valence-electron chi connectivity index (χ2n) is 3.66. The number of halogens is 3. The normalized spacial score (nSPS) is 15.4. The highest BCUT2D eigenvalue weighted by molar-refractivity contribution is 5.70. The van der Waals surface area contributed by atoms with Gasteiger partial charge in [-0.2, -0.15) is 13.2 Å². The molecular weight excluding hydrogens is 237 g/mol. The summed E-state index contributed by atoms with van der Waals surface area (Å²) in [7, 11) is 0. The van der Waals surface area contributed by atoms with Gasteiger partial charge in [0, 0.05) is 0 Å². The van der Waals surface area contributed by atoms with Crippen LogP contribution in [0.15, 0.2) is 24.3 Å². The fourth-order valence-corrected chi connectivity index (χ4v) is 1.42. The summed E-state index contributed by atoms with van der Waals surface area (Å²) in [6.07, 6.45) is -6.30. The lowest BCUT2D eigenvalue weighted by Gasteiger charge is -2.20. The Morgan fingerprint density at radius 1 is 1.29 bits per heavy atom. The zero-order valence-electron chi connectivity index (χ0n) is 8.90. The minimum atomic E-state index is -4.62. The van der Waals surface area contributed by atoms with Crippen LogP contribution < -0.4 is 0 Å². The molecule has 3 nitrogen and oxygen atoms in total. The van der Waals surface area contributed by atoms with Crippen LogP contribution in [0.25, 0.3) is 0 Å². The van der Waals surface area contributed by atoms with E-state index in [-0.39, 0.29) is 0 Å². The number of carboxylic acids is 1. The van der Waals surface area contributed by atoms with Crippen molar-refractivity contribution < 1.29 is 28.2 Å². The van der Waals surface area contributed by atoms with E-state index in [9.17, 15) is 23.1 Å². The highest BCUT2D eigenvalue weighted by Crippen LogP contribution is 2.36. The molecule has 0 bridgehead atoms. The summed E-state index contributed by atoms with van der Waals surface area (Å²) in [5.74, 6) is -2.66. The number of carboxylic acid groups (broad SMARTS) is 1. The second-order valence-corrected chi connectivity index (χ2v) is 3.66. The molecule has 0 fully saturated rings. The molecule has 2 unspecified atom stereocenters. The molecule has 0 aliphatic heterocycles. The van der Waals surface area contributed by atoms with Crippen LogP contribution in [0, 0.1) is 5.92 Å². The monoisotopic (exact) mass is 248 g/mol. The van der Waals surface area contributed by atoms with E-state index in [0.717, 1.165) is 19.1 Å². The maximum Gasteiger partial charge on any atom is 0.416 e. The quantitative estimate of drug-likeness (QED) is 0.863. The fourth-order valence-electron chi connectivity index (χ4n) is 1.42. The Hall–Kier alpha value is -1.56. The van der Waals surface area contributed by atoms with E-state index >= 15 is 0 Å². The van der Waals surface area contributed by atoms with Gasteiger partial charge in [-0.25, -0.2) is 0 Å². The van der Waals surface area contributed by atoms with E-state index in [1.54, 1.807) is 0 Å². The summed E-state index contributed by atoms with van der Waals surface area (Å²) in [5, 5.41) is 18.3. The molecule has 0 aliphatic carbocycles. The summed E-state index contributed by atoms with van der Waals surface area (Å²) in [5.41, 5.74) is -1.43. The molecule has 0 saturated carbocycles. The van der Waals surface area contributed by atoms with Crippen LogP contribution >= 0.6 is 0 Å². The minimum absolute atomic E-state index is 0.421. The molecule has 6 heteroatoms. The Bertz CT molecular complexity index is 415. The van der Waals surface area contributed by atoms with Gasteiger partial charge in [-0.15, -0.1) is 0 Å². The van der Waals surface area contributed by atoms with Crippen molar-refractivity contribution in [2.45, 2.75) is 19.2 Å². The molecule has 0 saturated heterocycles. The first kappa shape index (κ1) is 13.5. The van der Waals surface area contributed by atoms with E-state index in [2.05, 4.69) is 0 Å². The summed E-state index contributed by atoms with van der Waals surface area (Å²) < 4.78 is 37.8. The maximum atomic E-state index is 12.6. The van der Waals surface area contributed by atoms with E-state index in [4.69, 9.17) is 5.11 Å². The molecule has 0 aliphatic rings. The third kappa shape index (κ3) is 2.97. The van der Waals surface area contributed by atoms with Gasteiger partial charge in [0.25, 0.3) is 0 Å². The number of aliphatic carboxylic acids is 1. The van der Waals surface area contributed by atoms with Gasteiger partial charge in [0.15, 0.2) is 0 Å². The smallest absolute Gasteiger partial charge is 0.416 e. The van der Waals surface area contributed by atoms with Crippen molar-refractivity contribution in [2.24, 2.45) is 5.92 Å². The molecule has 1 aromatic rings. The van der Waals surface area contributed by atoms with E-state index < -0.39 is 35.3 Å². The van der Waals surface area contributed by atoms with Crippen LogP contribution in [0.5, 0.6) is 0 Å². The SMILES string of the molecule is CC(C(=O)O)C(O)c1ccccc1C(F)(F)F. The Balaban J connectivity index is 3.18. The first-order valence-corrected chi connectivity index (χ1v) is 4.82. The highest BCUT2D eigenvalue weighted by Gasteiger charge is 2.36. The molecule has 2 N–H and O–H groups in total. The topological polar surface area (TPSA) is 57.5 Å². The van der Waals surface area contributed by atoms with Crippen molar-refractivity contribution in [3.63, 3.8) is 0 Å². The molecule has 0 amide bonds. The highest BCUT2D eigenvalue weighted by atomic mass is 19.4. The standard InChI is InChI=1S/C11H11F3O3/c1-6(10(16)17)9(15)7-4-2-3-5-8(7)11(12,13)14/h2-6,9,15H,1H3,(H,16,17). The Morgan fingerprint density at radius 2 is 1.82 bits per heavy atom. The van der Waals surface area contributed by atoms with Crippen LogP contribution in [0.1, 0.15) is 24.2 Å².